The van der Waals surface area contributed by atoms with Gasteiger partial charge in [-0.05, 0) is 30.9 Å². The molecule has 1 aliphatic rings. The van der Waals surface area contributed by atoms with E-state index in [9.17, 15) is 4.79 Å². The lowest BCUT2D eigenvalue weighted by atomic mass is 9.89. The second-order valence-corrected chi connectivity index (χ2v) is 6.62. The van der Waals surface area contributed by atoms with E-state index >= 15 is 0 Å². The summed E-state index contributed by atoms with van der Waals surface area (Å²) >= 11 is 1.46. The van der Waals surface area contributed by atoms with E-state index in [1.807, 2.05) is 24.3 Å². The number of carbonyl (C=O) groups excluding carboxylic acids is 1. The number of hydrogen-bond donors (Lipinski definition) is 2. The Morgan fingerprint density at radius 1 is 1.29 bits per heavy atom. The molecule has 0 bridgehead atoms. The Hall–Kier alpha value is -1.49. The van der Waals surface area contributed by atoms with Gasteiger partial charge in [-0.3, -0.25) is 4.79 Å². The number of nitrogens with one attached hydrogen (secondary N) is 2. The van der Waals surface area contributed by atoms with E-state index < -0.39 is 0 Å². The zero-order valence-corrected chi connectivity index (χ0v) is 12.9. The van der Waals surface area contributed by atoms with Gasteiger partial charge in [0.25, 0.3) is 0 Å². The normalized spacial score (nSPS) is 16.2. The van der Waals surface area contributed by atoms with Gasteiger partial charge >= 0.3 is 0 Å². The molecule has 5 heteroatoms. The molecule has 4 nitrogen and oxygen atoms in total. The van der Waals surface area contributed by atoms with Crippen LogP contribution in [0.4, 0.5) is 0 Å². The van der Waals surface area contributed by atoms with Gasteiger partial charge in [-0.1, -0.05) is 43.2 Å². The highest BCUT2D eigenvalue weighted by atomic mass is 32.2. The molecule has 1 aliphatic carbocycles. The van der Waals surface area contributed by atoms with Crippen molar-refractivity contribution in [3.63, 3.8) is 0 Å². The van der Waals surface area contributed by atoms with E-state index in [0.29, 0.717) is 11.7 Å². The van der Waals surface area contributed by atoms with Crippen LogP contribution in [0, 0.1) is 5.92 Å². The number of aromatic nitrogens is 2. The molecule has 0 saturated heterocycles. The largest absolute Gasteiger partial charge is 0.355 e. The van der Waals surface area contributed by atoms with Crippen molar-refractivity contribution in [2.75, 3.05) is 12.3 Å². The summed E-state index contributed by atoms with van der Waals surface area (Å²) in [6.07, 6.45) is 6.50. The second-order valence-electron chi connectivity index (χ2n) is 5.66. The standard InChI is InChI=1S/C16H21N3OS/c20-15(17-10-12-6-2-1-3-7-12)11-21-16-18-13-8-4-5-9-14(13)19-16/h4-5,8-9,12H,1-3,6-7,10-11H2,(H,17,20)(H,18,19). The fourth-order valence-corrected chi connectivity index (χ4v) is 3.55. The lowest BCUT2D eigenvalue weighted by molar-refractivity contribution is -0.118. The van der Waals surface area contributed by atoms with Gasteiger partial charge in [-0.15, -0.1) is 0 Å². The van der Waals surface area contributed by atoms with Crippen LogP contribution >= 0.6 is 11.8 Å². The number of nitrogens with zero attached hydrogens (tertiary/aromatic N) is 1. The summed E-state index contributed by atoms with van der Waals surface area (Å²) in [5.74, 6) is 1.21. The van der Waals surface area contributed by atoms with Crippen molar-refractivity contribution in [2.45, 2.75) is 37.3 Å². The maximum absolute atomic E-state index is 11.9. The Morgan fingerprint density at radius 3 is 2.90 bits per heavy atom. The first-order valence-corrected chi connectivity index (χ1v) is 8.64. The monoisotopic (exact) mass is 303 g/mol. The first-order valence-electron chi connectivity index (χ1n) is 7.65. The maximum atomic E-state index is 11.9. The van der Waals surface area contributed by atoms with E-state index in [0.717, 1.165) is 22.7 Å². The molecule has 0 aliphatic heterocycles. The molecular weight excluding hydrogens is 282 g/mol. The third-order valence-electron chi connectivity index (χ3n) is 4.02. The first kappa shape index (κ1) is 14.4. The lowest BCUT2D eigenvalue weighted by Gasteiger charge is -2.21. The molecule has 1 saturated carbocycles. The maximum Gasteiger partial charge on any atom is 0.230 e. The fourth-order valence-electron chi connectivity index (χ4n) is 2.83. The van der Waals surface area contributed by atoms with Crippen molar-refractivity contribution in [1.29, 1.82) is 0 Å². The van der Waals surface area contributed by atoms with E-state index in [-0.39, 0.29) is 5.91 Å². The van der Waals surface area contributed by atoms with Gasteiger partial charge in [0.15, 0.2) is 5.16 Å². The molecule has 1 aromatic carbocycles. The summed E-state index contributed by atoms with van der Waals surface area (Å²) in [5.41, 5.74) is 1.96. The van der Waals surface area contributed by atoms with E-state index in [2.05, 4.69) is 15.3 Å². The zero-order chi connectivity index (χ0) is 14.5. The summed E-state index contributed by atoms with van der Waals surface area (Å²) < 4.78 is 0. The van der Waals surface area contributed by atoms with Gasteiger partial charge in [0.2, 0.25) is 5.91 Å². The van der Waals surface area contributed by atoms with E-state index in [1.165, 1.54) is 43.9 Å². The van der Waals surface area contributed by atoms with Crippen molar-refractivity contribution in [3.05, 3.63) is 24.3 Å². The number of rotatable bonds is 5. The lowest BCUT2D eigenvalue weighted by Crippen LogP contribution is -2.31. The van der Waals surface area contributed by atoms with Crippen LogP contribution in [0.2, 0.25) is 0 Å². The van der Waals surface area contributed by atoms with Gasteiger partial charge in [0.1, 0.15) is 0 Å². The molecule has 0 spiro atoms. The van der Waals surface area contributed by atoms with Crippen molar-refractivity contribution in [2.24, 2.45) is 5.92 Å². The Balaban J connectivity index is 1.44. The molecule has 21 heavy (non-hydrogen) atoms. The molecule has 0 unspecified atom stereocenters. The molecule has 1 amide bonds. The summed E-state index contributed by atoms with van der Waals surface area (Å²) in [7, 11) is 0. The van der Waals surface area contributed by atoms with E-state index in [4.69, 9.17) is 0 Å². The smallest absolute Gasteiger partial charge is 0.230 e. The molecule has 0 atom stereocenters. The molecule has 2 aromatic rings. The SMILES string of the molecule is O=C(CSc1nc2ccccc2[nH]1)NCC1CCCCC1. The molecule has 1 aromatic heterocycles. The number of para-hydroxylation sites is 2. The highest BCUT2D eigenvalue weighted by Gasteiger charge is 2.14. The van der Waals surface area contributed by atoms with Crippen LogP contribution in [0.1, 0.15) is 32.1 Å². The van der Waals surface area contributed by atoms with Crippen LogP contribution in [0.25, 0.3) is 11.0 Å². The Kier molecular flexibility index (Phi) is 4.80. The number of carbonyl (C=O) groups is 1. The summed E-state index contributed by atoms with van der Waals surface area (Å²) in [4.78, 5) is 19.6. The average Bonchev–Trinajstić information content (AvgIpc) is 2.95. The van der Waals surface area contributed by atoms with Crippen molar-refractivity contribution < 1.29 is 4.79 Å². The number of imidazole rings is 1. The minimum Gasteiger partial charge on any atom is -0.355 e. The third kappa shape index (κ3) is 4.00. The Labute approximate surface area is 129 Å². The highest BCUT2D eigenvalue weighted by molar-refractivity contribution is 7.99. The quantitative estimate of drug-likeness (QED) is 0.833. The number of hydrogen-bond acceptors (Lipinski definition) is 3. The number of fused-ring (bicyclic) bond motifs is 1. The van der Waals surface area contributed by atoms with Crippen LogP contribution in [0.5, 0.6) is 0 Å². The summed E-state index contributed by atoms with van der Waals surface area (Å²) in [6.45, 7) is 0.833. The molecule has 2 N–H and O–H groups in total. The van der Waals surface area contributed by atoms with Gasteiger partial charge < -0.3 is 10.3 Å². The second kappa shape index (κ2) is 6.98. The van der Waals surface area contributed by atoms with Crippen LogP contribution < -0.4 is 5.32 Å². The topological polar surface area (TPSA) is 57.8 Å². The zero-order valence-electron chi connectivity index (χ0n) is 12.1. The van der Waals surface area contributed by atoms with Gasteiger partial charge in [-0.25, -0.2) is 4.98 Å². The number of benzene rings is 1. The van der Waals surface area contributed by atoms with Crippen LogP contribution in [0.15, 0.2) is 29.4 Å². The first-order chi connectivity index (χ1) is 10.3. The average molecular weight is 303 g/mol. The molecule has 112 valence electrons. The number of H-pyrrole nitrogens is 1. The van der Waals surface area contributed by atoms with Crippen molar-refractivity contribution in [1.82, 2.24) is 15.3 Å². The van der Waals surface area contributed by atoms with Crippen LogP contribution in [-0.4, -0.2) is 28.2 Å². The predicted molar refractivity (Wildman–Crippen MR) is 86.4 cm³/mol. The fraction of sp³-hybridized carbons (Fsp3) is 0.500. The third-order valence-corrected chi connectivity index (χ3v) is 4.89. The van der Waals surface area contributed by atoms with Gasteiger partial charge in [0.05, 0.1) is 16.8 Å². The van der Waals surface area contributed by atoms with Crippen molar-refractivity contribution in [3.8, 4) is 0 Å². The molecule has 1 heterocycles. The molecule has 3 rings (SSSR count). The molecule has 1 fully saturated rings. The van der Waals surface area contributed by atoms with Gasteiger partial charge in [-0.2, -0.15) is 0 Å². The number of thioether (sulfide) groups is 1. The highest BCUT2D eigenvalue weighted by Crippen LogP contribution is 2.23. The Morgan fingerprint density at radius 2 is 2.10 bits per heavy atom. The van der Waals surface area contributed by atoms with Gasteiger partial charge in [0, 0.05) is 6.54 Å². The molecular formula is C16H21N3OS. The minimum atomic E-state index is 0.103. The van der Waals surface area contributed by atoms with E-state index in [1.54, 1.807) is 0 Å². The minimum absolute atomic E-state index is 0.103. The molecule has 0 radical (unpaired) electrons. The van der Waals surface area contributed by atoms with Crippen LogP contribution in [0.3, 0.4) is 0 Å². The number of amides is 1. The van der Waals surface area contributed by atoms with Crippen molar-refractivity contribution >= 4 is 28.7 Å². The summed E-state index contributed by atoms with van der Waals surface area (Å²) in [6, 6.07) is 7.91. The number of aromatic amines is 1. The summed E-state index contributed by atoms with van der Waals surface area (Å²) in [5, 5.41) is 3.86. The van der Waals surface area contributed by atoms with Crippen LogP contribution in [-0.2, 0) is 4.79 Å². The predicted octanol–water partition coefficient (Wildman–Crippen LogP) is 3.35. The Bertz CT molecular complexity index is 571.